The average molecular weight is 701 g/mol. The van der Waals surface area contributed by atoms with Crippen molar-refractivity contribution in [1.29, 1.82) is 0 Å². The Morgan fingerprint density at radius 2 is 1.37 bits per heavy atom. The number of amides is 1. The fraction of sp³-hybridized carbons (Fsp3) is 0.175. The van der Waals surface area contributed by atoms with E-state index >= 15 is 4.39 Å². The van der Waals surface area contributed by atoms with E-state index in [1.165, 1.54) is 17.2 Å². The Hall–Kier alpha value is -6.40. The molecule has 264 valence electrons. The largest absolute Gasteiger partial charge is 0.497 e. The minimum atomic E-state index is -1.16. The molecule has 0 bridgehead atoms. The van der Waals surface area contributed by atoms with E-state index in [2.05, 4.69) is 25.6 Å². The van der Waals surface area contributed by atoms with Gasteiger partial charge in [-0.1, -0.05) is 72.8 Å². The molecule has 0 saturated carbocycles. The first-order valence-electron chi connectivity index (χ1n) is 16.5. The van der Waals surface area contributed by atoms with Gasteiger partial charge in [0, 0.05) is 12.1 Å². The fourth-order valence-corrected chi connectivity index (χ4v) is 6.20. The maximum Gasteiger partial charge on any atom is 0.307 e. The van der Waals surface area contributed by atoms with Crippen LogP contribution in [-0.2, 0) is 16.9 Å². The number of hydrogen-bond acceptors (Lipinski definition) is 8. The zero-order chi connectivity index (χ0) is 36.5. The van der Waals surface area contributed by atoms with Gasteiger partial charge in [0.15, 0.2) is 17.0 Å². The van der Waals surface area contributed by atoms with Gasteiger partial charge in [-0.15, -0.1) is 0 Å². The van der Waals surface area contributed by atoms with Crippen LogP contribution in [0.4, 0.5) is 10.2 Å². The number of carboxylic acid groups (broad SMARTS) is 1. The number of allylic oxidation sites excluding steroid dienone is 1. The lowest BCUT2D eigenvalue weighted by Gasteiger charge is -2.37. The van der Waals surface area contributed by atoms with Crippen molar-refractivity contribution in [3.05, 3.63) is 156 Å². The summed E-state index contributed by atoms with van der Waals surface area (Å²) in [4.78, 5) is 37.6. The van der Waals surface area contributed by atoms with Gasteiger partial charge in [-0.25, -0.2) is 19.3 Å². The molecule has 2 aromatic heterocycles. The van der Waals surface area contributed by atoms with E-state index in [9.17, 15) is 14.7 Å². The molecule has 12 heteroatoms. The summed E-state index contributed by atoms with van der Waals surface area (Å²) in [5, 5.41) is 16.2. The van der Waals surface area contributed by atoms with Gasteiger partial charge in [0.1, 0.15) is 23.7 Å². The average Bonchev–Trinajstić information content (AvgIpc) is 3.60. The van der Waals surface area contributed by atoms with Gasteiger partial charge in [-0.05, 0) is 65.1 Å². The number of aromatic nitrogens is 4. The van der Waals surface area contributed by atoms with Crippen LogP contribution < -0.4 is 20.1 Å². The van der Waals surface area contributed by atoms with Crippen molar-refractivity contribution in [2.24, 2.45) is 0 Å². The third kappa shape index (κ3) is 7.67. The number of nitrogens with one attached hydrogen (secondary N) is 2. The molecule has 0 aliphatic carbocycles. The highest BCUT2D eigenvalue weighted by Crippen LogP contribution is 2.38. The summed E-state index contributed by atoms with van der Waals surface area (Å²) in [7, 11) is 3.21. The molecule has 0 unspecified atom stereocenters. The Morgan fingerprint density at radius 3 is 1.94 bits per heavy atom. The highest BCUT2D eigenvalue weighted by Gasteiger charge is 2.36. The van der Waals surface area contributed by atoms with Crippen LogP contribution in [0, 0.1) is 0 Å². The molecule has 6 aromatic rings. The second-order valence-electron chi connectivity index (χ2n) is 11.9. The van der Waals surface area contributed by atoms with Crippen molar-refractivity contribution < 1.29 is 28.6 Å². The molecule has 52 heavy (non-hydrogen) atoms. The van der Waals surface area contributed by atoms with E-state index in [0.717, 1.165) is 16.7 Å². The summed E-state index contributed by atoms with van der Waals surface area (Å²) in [6.45, 7) is -0.103. The third-order valence-corrected chi connectivity index (χ3v) is 8.80. The maximum absolute atomic E-state index is 16.2. The number of carbonyl (C=O) groups is 2. The van der Waals surface area contributed by atoms with Crippen LogP contribution in [0.3, 0.4) is 0 Å². The van der Waals surface area contributed by atoms with Gasteiger partial charge >= 0.3 is 5.97 Å². The first-order chi connectivity index (χ1) is 25.3. The summed E-state index contributed by atoms with van der Waals surface area (Å²) < 4.78 is 28.5. The van der Waals surface area contributed by atoms with Gasteiger partial charge in [0.2, 0.25) is 0 Å². The molecule has 4 aromatic carbocycles. The van der Waals surface area contributed by atoms with Crippen LogP contribution in [0.5, 0.6) is 11.5 Å². The molecule has 3 N–H and O–H groups in total. The first kappa shape index (κ1) is 35.4. The summed E-state index contributed by atoms with van der Waals surface area (Å²) in [5.41, 5.74) is 2.90. The number of ether oxygens (including phenoxy) is 2. The number of carbonyl (C=O) groups excluding carboxylic acids is 1. The van der Waals surface area contributed by atoms with Crippen LogP contribution in [-0.4, -0.2) is 57.3 Å². The Balaban J connectivity index is 1.31. The summed E-state index contributed by atoms with van der Waals surface area (Å²) in [6.07, 6.45) is 2.23. The molecule has 0 aliphatic heterocycles. The third-order valence-electron chi connectivity index (χ3n) is 8.80. The molecule has 0 aliphatic rings. The van der Waals surface area contributed by atoms with Crippen LogP contribution >= 0.6 is 0 Å². The van der Waals surface area contributed by atoms with E-state index in [1.54, 1.807) is 44.6 Å². The minimum Gasteiger partial charge on any atom is -0.497 e. The Labute approximate surface area is 299 Å². The number of fused-ring (bicyclic) bond motifs is 1. The minimum absolute atomic E-state index is 0.0824. The lowest BCUT2D eigenvalue weighted by Crippen LogP contribution is -2.45. The van der Waals surface area contributed by atoms with Crippen LogP contribution in [0.2, 0.25) is 0 Å². The van der Waals surface area contributed by atoms with Gasteiger partial charge < -0.3 is 24.5 Å². The summed E-state index contributed by atoms with van der Waals surface area (Å²) >= 11 is 0. The molecule has 0 atom stereocenters. The number of imidazole rings is 1. The van der Waals surface area contributed by atoms with Gasteiger partial charge in [-0.3, -0.25) is 14.9 Å². The second-order valence-corrected chi connectivity index (χ2v) is 11.9. The number of halogens is 1. The zero-order valence-corrected chi connectivity index (χ0v) is 28.6. The topological polar surface area (TPSA) is 140 Å². The van der Waals surface area contributed by atoms with Crippen molar-refractivity contribution in [2.45, 2.75) is 24.9 Å². The molecule has 1 amide bonds. The van der Waals surface area contributed by atoms with Crippen LogP contribution in [0.25, 0.3) is 11.2 Å². The SMILES string of the molecule is COc1ccc(C(NCC/C(CC(=O)O)=C(/F)Cn2cnc3c(NC(=O)c4ccccc4)ncnc32)(c2ccccc2)c2ccc(OC)cc2)cc1. The zero-order valence-electron chi connectivity index (χ0n) is 28.6. The normalized spacial score (nSPS) is 11.9. The van der Waals surface area contributed by atoms with Crippen molar-refractivity contribution in [3.8, 4) is 11.5 Å². The predicted octanol–water partition coefficient (Wildman–Crippen LogP) is 6.77. The molecular weight excluding hydrogens is 663 g/mol. The van der Waals surface area contributed by atoms with Crippen molar-refractivity contribution in [1.82, 2.24) is 24.8 Å². The number of rotatable bonds is 15. The number of aliphatic carboxylic acids is 1. The number of anilines is 1. The first-order valence-corrected chi connectivity index (χ1v) is 16.5. The van der Waals surface area contributed by atoms with E-state index < -0.39 is 23.8 Å². The number of methoxy groups -OCH3 is 2. The number of benzene rings is 4. The molecule has 0 saturated heterocycles. The lowest BCUT2D eigenvalue weighted by atomic mass is 9.76. The standard InChI is InChI=1S/C40H37FN6O5/c1-51-32-17-13-30(14-18-32)40(29-11-7-4-8-12-29,31-15-19-33(52-2)20-16-31)45-22-21-28(23-35(48)49)34(41)24-47-26-44-36-37(42-25-43-38(36)47)46-39(50)27-9-5-3-6-10-27/h3-20,25-26,45H,21-24H2,1-2H3,(H,48,49)(H,42,43,46,50)/b34-28-. The van der Waals surface area contributed by atoms with E-state index in [0.29, 0.717) is 17.1 Å². The van der Waals surface area contributed by atoms with Crippen molar-refractivity contribution >= 4 is 28.9 Å². The number of hydrogen-bond donors (Lipinski definition) is 3. The molecule has 2 heterocycles. The van der Waals surface area contributed by atoms with Crippen LogP contribution in [0.1, 0.15) is 39.9 Å². The number of carboxylic acids is 1. The molecule has 0 spiro atoms. The number of nitrogens with zero attached hydrogens (tertiary/aromatic N) is 4. The van der Waals surface area contributed by atoms with Gasteiger partial charge in [0.25, 0.3) is 5.91 Å². The van der Waals surface area contributed by atoms with Crippen molar-refractivity contribution in [3.63, 3.8) is 0 Å². The molecular formula is C40H37FN6O5. The van der Waals surface area contributed by atoms with E-state index in [4.69, 9.17) is 9.47 Å². The highest BCUT2D eigenvalue weighted by molar-refractivity contribution is 6.06. The Bertz CT molecular complexity index is 2130. The second kappa shape index (κ2) is 16.1. The molecule has 0 fully saturated rings. The fourth-order valence-electron chi connectivity index (χ4n) is 6.20. The van der Waals surface area contributed by atoms with Gasteiger partial charge in [0.05, 0.1) is 39.1 Å². The summed E-state index contributed by atoms with van der Waals surface area (Å²) in [5.74, 6) is -0.612. The maximum atomic E-state index is 16.2. The lowest BCUT2D eigenvalue weighted by molar-refractivity contribution is -0.136. The highest BCUT2D eigenvalue weighted by atomic mass is 19.1. The van der Waals surface area contributed by atoms with Crippen molar-refractivity contribution in [2.75, 3.05) is 26.1 Å². The molecule has 11 nitrogen and oxygen atoms in total. The molecule has 6 rings (SSSR count). The smallest absolute Gasteiger partial charge is 0.307 e. The van der Waals surface area contributed by atoms with Crippen LogP contribution in [0.15, 0.2) is 133 Å². The Kier molecular flexibility index (Phi) is 11.0. The molecule has 0 radical (unpaired) electrons. The Morgan fingerprint density at radius 1 is 0.788 bits per heavy atom. The van der Waals surface area contributed by atoms with Gasteiger partial charge in [-0.2, -0.15) is 0 Å². The quantitative estimate of drug-likeness (QED) is 0.0991. The van der Waals surface area contributed by atoms with E-state index in [-0.39, 0.29) is 48.0 Å². The monoisotopic (exact) mass is 700 g/mol. The summed E-state index contributed by atoms with van der Waals surface area (Å²) in [6, 6.07) is 33.9. The van der Waals surface area contributed by atoms with E-state index in [1.807, 2.05) is 78.9 Å². The predicted molar refractivity (Wildman–Crippen MR) is 195 cm³/mol.